The maximum absolute atomic E-state index is 13.8. The van der Waals surface area contributed by atoms with E-state index in [4.69, 9.17) is 33.7 Å². The molecule has 2 N–H and O–H groups in total. The van der Waals surface area contributed by atoms with Crippen molar-refractivity contribution < 1.29 is 13.9 Å². The second-order valence-corrected chi connectivity index (χ2v) is 5.27. The van der Waals surface area contributed by atoms with E-state index < -0.39 is 17.9 Å². The molecule has 0 radical (unpaired) electrons. The molecule has 0 aliphatic heterocycles. The SMILES string of the molecule is CC(OC(=O)c1cccc(N)c1F)c1ccc(Cl)cc1Cl. The molecular weight excluding hydrogens is 316 g/mol. The molecule has 0 saturated heterocycles. The van der Waals surface area contributed by atoms with Gasteiger partial charge in [-0.25, -0.2) is 9.18 Å². The van der Waals surface area contributed by atoms with Crippen LogP contribution in [0.25, 0.3) is 0 Å². The first kappa shape index (κ1) is 15.6. The van der Waals surface area contributed by atoms with Crippen molar-refractivity contribution in [3.8, 4) is 0 Å². The zero-order valence-electron chi connectivity index (χ0n) is 11.1. The van der Waals surface area contributed by atoms with E-state index in [1.54, 1.807) is 25.1 Å². The lowest BCUT2D eigenvalue weighted by molar-refractivity contribution is 0.0333. The van der Waals surface area contributed by atoms with E-state index in [1.807, 2.05) is 0 Å². The Morgan fingerprint density at radius 2 is 2.00 bits per heavy atom. The molecule has 0 amide bonds. The van der Waals surface area contributed by atoms with Gasteiger partial charge in [-0.15, -0.1) is 0 Å². The standard InChI is InChI=1S/C15H12Cl2FNO2/c1-8(10-6-5-9(16)7-12(10)17)21-15(20)11-3-2-4-13(19)14(11)18/h2-8H,19H2,1H3. The third-order valence-electron chi connectivity index (χ3n) is 2.93. The number of carbonyl (C=O) groups excluding carboxylic acids is 1. The van der Waals surface area contributed by atoms with E-state index in [0.29, 0.717) is 15.6 Å². The van der Waals surface area contributed by atoms with Gasteiger partial charge in [0.1, 0.15) is 6.10 Å². The van der Waals surface area contributed by atoms with Gasteiger partial charge in [0.05, 0.1) is 11.3 Å². The van der Waals surface area contributed by atoms with Crippen LogP contribution in [-0.4, -0.2) is 5.97 Å². The van der Waals surface area contributed by atoms with Gasteiger partial charge >= 0.3 is 5.97 Å². The normalized spacial score (nSPS) is 12.0. The van der Waals surface area contributed by atoms with Gasteiger partial charge in [-0.2, -0.15) is 0 Å². The fourth-order valence-corrected chi connectivity index (χ4v) is 2.39. The van der Waals surface area contributed by atoms with E-state index >= 15 is 0 Å². The molecule has 3 nitrogen and oxygen atoms in total. The summed E-state index contributed by atoms with van der Waals surface area (Å²) in [4.78, 5) is 12.0. The van der Waals surface area contributed by atoms with Gasteiger partial charge in [0, 0.05) is 15.6 Å². The number of hydrogen-bond acceptors (Lipinski definition) is 3. The molecule has 2 aromatic rings. The molecule has 1 unspecified atom stereocenters. The summed E-state index contributed by atoms with van der Waals surface area (Å²) in [7, 11) is 0. The summed E-state index contributed by atoms with van der Waals surface area (Å²) >= 11 is 11.8. The molecule has 2 aromatic carbocycles. The number of nitrogens with two attached hydrogens (primary N) is 1. The predicted octanol–water partition coefficient (Wildman–Crippen LogP) is 4.63. The second-order valence-electron chi connectivity index (χ2n) is 4.42. The Hall–Kier alpha value is -1.78. The lowest BCUT2D eigenvalue weighted by Crippen LogP contribution is -2.12. The van der Waals surface area contributed by atoms with Crippen LogP contribution >= 0.6 is 23.2 Å². The molecule has 0 aliphatic rings. The Balaban J connectivity index is 2.21. The maximum atomic E-state index is 13.8. The molecule has 110 valence electrons. The van der Waals surface area contributed by atoms with Crippen molar-refractivity contribution in [2.45, 2.75) is 13.0 Å². The quantitative estimate of drug-likeness (QED) is 0.660. The van der Waals surface area contributed by atoms with Crippen LogP contribution in [0.2, 0.25) is 10.0 Å². The maximum Gasteiger partial charge on any atom is 0.341 e. The smallest absolute Gasteiger partial charge is 0.341 e. The van der Waals surface area contributed by atoms with Crippen LogP contribution in [0.15, 0.2) is 36.4 Å². The Labute approximate surface area is 131 Å². The first-order valence-corrected chi connectivity index (χ1v) is 6.85. The van der Waals surface area contributed by atoms with Crippen LogP contribution in [0.4, 0.5) is 10.1 Å². The number of benzene rings is 2. The number of hydrogen-bond donors (Lipinski definition) is 1. The van der Waals surface area contributed by atoms with E-state index in [1.165, 1.54) is 18.2 Å². The molecule has 0 aliphatic carbocycles. The van der Waals surface area contributed by atoms with Crippen molar-refractivity contribution in [3.63, 3.8) is 0 Å². The first-order chi connectivity index (χ1) is 9.90. The second kappa shape index (κ2) is 6.33. The summed E-state index contributed by atoms with van der Waals surface area (Å²) in [5.41, 5.74) is 5.68. The largest absolute Gasteiger partial charge is 0.454 e. The van der Waals surface area contributed by atoms with E-state index in [9.17, 15) is 9.18 Å². The van der Waals surface area contributed by atoms with Gasteiger partial charge in [0.25, 0.3) is 0 Å². The van der Waals surface area contributed by atoms with Gasteiger partial charge in [0.15, 0.2) is 5.82 Å². The number of rotatable bonds is 3. The molecule has 0 aromatic heterocycles. The number of nitrogen functional groups attached to an aromatic ring is 1. The predicted molar refractivity (Wildman–Crippen MR) is 81.1 cm³/mol. The molecule has 0 fully saturated rings. The van der Waals surface area contributed by atoms with Gasteiger partial charge < -0.3 is 10.5 Å². The monoisotopic (exact) mass is 327 g/mol. The Bertz CT molecular complexity index is 691. The van der Waals surface area contributed by atoms with Crippen molar-refractivity contribution in [3.05, 3.63) is 63.4 Å². The van der Waals surface area contributed by atoms with Crippen LogP contribution in [0.1, 0.15) is 28.9 Å². The summed E-state index contributed by atoms with van der Waals surface area (Å²) in [6, 6.07) is 8.99. The number of anilines is 1. The van der Waals surface area contributed by atoms with Crippen LogP contribution < -0.4 is 5.73 Å². The third-order valence-corrected chi connectivity index (χ3v) is 3.50. The molecule has 0 saturated carbocycles. The minimum Gasteiger partial charge on any atom is -0.454 e. The highest BCUT2D eigenvalue weighted by Crippen LogP contribution is 2.29. The molecule has 0 heterocycles. The molecule has 0 spiro atoms. The van der Waals surface area contributed by atoms with E-state index in [2.05, 4.69) is 0 Å². The Kier molecular flexibility index (Phi) is 4.70. The highest BCUT2D eigenvalue weighted by molar-refractivity contribution is 6.35. The van der Waals surface area contributed by atoms with Gasteiger partial charge in [-0.05, 0) is 31.2 Å². The fourth-order valence-electron chi connectivity index (χ4n) is 1.83. The summed E-state index contributed by atoms with van der Waals surface area (Å²) in [5, 5.41) is 0.847. The third kappa shape index (κ3) is 3.46. The molecule has 21 heavy (non-hydrogen) atoms. The highest BCUT2D eigenvalue weighted by Gasteiger charge is 2.20. The van der Waals surface area contributed by atoms with E-state index in [0.717, 1.165) is 0 Å². The van der Waals surface area contributed by atoms with Crippen molar-refractivity contribution in [2.75, 3.05) is 5.73 Å². The fraction of sp³-hybridized carbons (Fsp3) is 0.133. The Morgan fingerprint density at radius 1 is 1.29 bits per heavy atom. The topological polar surface area (TPSA) is 52.3 Å². The number of carbonyl (C=O) groups is 1. The lowest BCUT2D eigenvalue weighted by atomic mass is 10.1. The van der Waals surface area contributed by atoms with Crippen LogP contribution in [0, 0.1) is 5.82 Å². The molecule has 1 atom stereocenters. The van der Waals surface area contributed by atoms with Crippen LogP contribution in [0.3, 0.4) is 0 Å². The van der Waals surface area contributed by atoms with Crippen molar-refractivity contribution in [2.24, 2.45) is 0 Å². The summed E-state index contributed by atoms with van der Waals surface area (Å²) in [6.07, 6.45) is -0.650. The summed E-state index contributed by atoms with van der Waals surface area (Å²) in [6.45, 7) is 1.64. The first-order valence-electron chi connectivity index (χ1n) is 6.10. The summed E-state index contributed by atoms with van der Waals surface area (Å²) in [5.74, 6) is -1.60. The minimum absolute atomic E-state index is 0.110. The number of esters is 1. The molecular formula is C15H12Cl2FNO2. The van der Waals surface area contributed by atoms with Gasteiger partial charge in [0.2, 0.25) is 0 Å². The highest BCUT2D eigenvalue weighted by atomic mass is 35.5. The van der Waals surface area contributed by atoms with Crippen molar-refractivity contribution in [1.29, 1.82) is 0 Å². The van der Waals surface area contributed by atoms with Crippen molar-refractivity contribution >= 4 is 34.9 Å². The lowest BCUT2D eigenvalue weighted by Gasteiger charge is -2.15. The van der Waals surface area contributed by atoms with E-state index in [-0.39, 0.29) is 11.3 Å². The minimum atomic E-state index is -0.807. The molecule has 2 rings (SSSR count). The van der Waals surface area contributed by atoms with Crippen molar-refractivity contribution in [1.82, 2.24) is 0 Å². The molecule has 0 bridgehead atoms. The average molecular weight is 328 g/mol. The zero-order valence-corrected chi connectivity index (χ0v) is 12.6. The number of ether oxygens (including phenoxy) is 1. The van der Waals surface area contributed by atoms with Crippen LogP contribution in [-0.2, 0) is 4.74 Å². The summed E-state index contributed by atoms with van der Waals surface area (Å²) < 4.78 is 19.0. The van der Waals surface area contributed by atoms with Gasteiger partial charge in [-0.3, -0.25) is 0 Å². The number of halogens is 3. The van der Waals surface area contributed by atoms with Crippen LogP contribution in [0.5, 0.6) is 0 Å². The average Bonchev–Trinajstić information content (AvgIpc) is 2.41. The Morgan fingerprint density at radius 3 is 2.67 bits per heavy atom. The zero-order chi connectivity index (χ0) is 15.6. The molecule has 6 heteroatoms. The van der Waals surface area contributed by atoms with Gasteiger partial charge in [-0.1, -0.05) is 35.3 Å².